The average molecular weight is 407 g/mol. The molecule has 156 valence electrons. The first kappa shape index (κ1) is 19.8. The van der Waals surface area contributed by atoms with Gasteiger partial charge in [-0.15, -0.1) is 0 Å². The number of aryl methyl sites for hydroxylation is 1. The molecule has 0 spiro atoms. The fourth-order valence-electron chi connectivity index (χ4n) is 4.00. The predicted octanol–water partition coefficient (Wildman–Crippen LogP) is 3.25. The number of anilines is 1. The standard InChI is InChI=1S/C23H25N3O4/c1-25-19-10-9-17(30-3)13-18(19)21(26-11-5-8-20(26)27)22(25)23(28)24-14-15-6-4-7-16(12-15)29-2/h4,6-7,9-10,12-13H,5,8,11,14H2,1-3H3,(H,24,28). The number of nitrogens with one attached hydrogen (secondary N) is 1. The van der Waals surface area contributed by atoms with Crippen LogP contribution in [0.25, 0.3) is 10.9 Å². The highest BCUT2D eigenvalue weighted by molar-refractivity contribution is 6.14. The third kappa shape index (κ3) is 3.47. The van der Waals surface area contributed by atoms with Crippen LogP contribution in [0, 0.1) is 0 Å². The maximum Gasteiger partial charge on any atom is 0.270 e. The van der Waals surface area contributed by atoms with E-state index in [0.29, 0.717) is 36.6 Å². The third-order valence-corrected chi connectivity index (χ3v) is 5.53. The minimum atomic E-state index is -0.231. The molecule has 1 aromatic heterocycles. The smallest absolute Gasteiger partial charge is 0.270 e. The van der Waals surface area contributed by atoms with Crippen LogP contribution in [0.3, 0.4) is 0 Å². The topological polar surface area (TPSA) is 72.8 Å². The SMILES string of the molecule is COc1cccc(CNC(=O)c2c(N3CCCC3=O)c3cc(OC)ccc3n2C)c1. The molecule has 1 aliphatic heterocycles. The van der Waals surface area contributed by atoms with Crippen molar-refractivity contribution in [1.29, 1.82) is 0 Å². The highest BCUT2D eigenvalue weighted by atomic mass is 16.5. The molecule has 2 aromatic carbocycles. The lowest BCUT2D eigenvalue weighted by Crippen LogP contribution is -2.30. The van der Waals surface area contributed by atoms with Crippen molar-refractivity contribution in [2.24, 2.45) is 7.05 Å². The second-order valence-electron chi connectivity index (χ2n) is 7.32. The van der Waals surface area contributed by atoms with E-state index in [1.165, 1.54) is 0 Å². The second kappa shape index (κ2) is 8.10. The Kier molecular flexibility index (Phi) is 5.35. The number of carbonyl (C=O) groups excluding carboxylic acids is 2. The summed E-state index contributed by atoms with van der Waals surface area (Å²) in [6, 6.07) is 13.2. The lowest BCUT2D eigenvalue weighted by molar-refractivity contribution is -0.117. The Morgan fingerprint density at radius 1 is 1.10 bits per heavy atom. The number of nitrogens with zero attached hydrogens (tertiary/aromatic N) is 2. The largest absolute Gasteiger partial charge is 0.497 e. The van der Waals surface area contributed by atoms with Crippen LogP contribution in [0.1, 0.15) is 28.9 Å². The molecule has 1 fully saturated rings. The van der Waals surface area contributed by atoms with Gasteiger partial charge < -0.3 is 24.3 Å². The lowest BCUT2D eigenvalue weighted by Gasteiger charge is -2.18. The van der Waals surface area contributed by atoms with E-state index in [0.717, 1.165) is 28.6 Å². The van der Waals surface area contributed by atoms with Crippen LogP contribution in [0.2, 0.25) is 0 Å². The van der Waals surface area contributed by atoms with Crippen LogP contribution in [-0.4, -0.2) is 37.1 Å². The van der Waals surface area contributed by atoms with Gasteiger partial charge in [-0.25, -0.2) is 0 Å². The number of ether oxygens (including phenoxy) is 2. The molecule has 30 heavy (non-hydrogen) atoms. The highest BCUT2D eigenvalue weighted by Crippen LogP contribution is 2.37. The number of hydrogen-bond donors (Lipinski definition) is 1. The number of fused-ring (bicyclic) bond motifs is 1. The van der Waals surface area contributed by atoms with Gasteiger partial charge in [-0.1, -0.05) is 12.1 Å². The van der Waals surface area contributed by atoms with Gasteiger partial charge in [0.05, 0.1) is 25.4 Å². The Balaban J connectivity index is 1.74. The van der Waals surface area contributed by atoms with Gasteiger partial charge in [-0.05, 0) is 42.3 Å². The van der Waals surface area contributed by atoms with Gasteiger partial charge in [0.1, 0.15) is 17.2 Å². The van der Waals surface area contributed by atoms with Crippen molar-refractivity contribution in [3.8, 4) is 11.5 Å². The molecule has 0 aliphatic carbocycles. The van der Waals surface area contributed by atoms with Crippen molar-refractivity contribution in [1.82, 2.24) is 9.88 Å². The maximum absolute atomic E-state index is 13.3. The summed E-state index contributed by atoms with van der Waals surface area (Å²) < 4.78 is 12.5. The number of hydrogen-bond acceptors (Lipinski definition) is 4. The summed E-state index contributed by atoms with van der Waals surface area (Å²) in [7, 11) is 5.06. The fraction of sp³-hybridized carbons (Fsp3) is 0.304. The summed E-state index contributed by atoms with van der Waals surface area (Å²) in [5.41, 5.74) is 2.92. The quantitative estimate of drug-likeness (QED) is 0.681. The third-order valence-electron chi connectivity index (χ3n) is 5.53. The molecular weight excluding hydrogens is 382 g/mol. The van der Waals surface area contributed by atoms with E-state index >= 15 is 0 Å². The molecule has 3 aromatic rings. The molecule has 7 heteroatoms. The number of benzene rings is 2. The molecule has 4 rings (SSSR count). The zero-order valence-electron chi connectivity index (χ0n) is 17.4. The van der Waals surface area contributed by atoms with E-state index in [-0.39, 0.29) is 11.8 Å². The maximum atomic E-state index is 13.3. The van der Waals surface area contributed by atoms with E-state index in [1.807, 2.05) is 54.1 Å². The molecule has 2 heterocycles. The van der Waals surface area contributed by atoms with Gasteiger partial charge in [0.2, 0.25) is 5.91 Å². The van der Waals surface area contributed by atoms with Crippen LogP contribution in [0.5, 0.6) is 11.5 Å². The van der Waals surface area contributed by atoms with Gasteiger partial charge in [-0.2, -0.15) is 0 Å². The van der Waals surface area contributed by atoms with Crippen molar-refractivity contribution in [2.45, 2.75) is 19.4 Å². The fourth-order valence-corrected chi connectivity index (χ4v) is 4.00. The molecule has 0 radical (unpaired) electrons. The molecule has 1 aliphatic rings. The van der Waals surface area contributed by atoms with E-state index < -0.39 is 0 Å². The van der Waals surface area contributed by atoms with Crippen molar-refractivity contribution >= 4 is 28.4 Å². The summed E-state index contributed by atoms with van der Waals surface area (Å²) >= 11 is 0. The minimum Gasteiger partial charge on any atom is -0.497 e. The first-order valence-corrected chi connectivity index (χ1v) is 9.91. The first-order chi connectivity index (χ1) is 14.5. The number of aromatic nitrogens is 1. The molecule has 0 atom stereocenters. The monoisotopic (exact) mass is 407 g/mol. The van der Waals surface area contributed by atoms with Crippen molar-refractivity contribution < 1.29 is 19.1 Å². The molecule has 2 amide bonds. The van der Waals surface area contributed by atoms with E-state index in [2.05, 4.69) is 5.32 Å². The number of methoxy groups -OCH3 is 2. The van der Waals surface area contributed by atoms with Gasteiger partial charge in [0.15, 0.2) is 0 Å². The Labute approximate surface area is 175 Å². The Hall–Kier alpha value is -3.48. The van der Waals surface area contributed by atoms with Crippen molar-refractivity contribution in [2.75, 3.05) is 25.7 Å². The molecule has 7 nitrogen and oxygen atoms in total. The Morgan fingerprint density at radius 2 is 1.87 bits per heavy atom. The van der Waals surface area contributed by atoms with Crippen LogP contribution in [0.4, 0.5) is 5.69 Å². The van der Waals surface area contributed by atoms with Crippen LogP contribution in [0.15, 0.2) is 42.5 Å². The van der Waals surface area contributed by atoms with Crippen LogP contribution < -0.4 is 19.7 Å². The molecule has 1 saturated heterocycles. The van der Waals surface area contributed by atoms with Gasteiger partial charge in [-0.3, -0.25) is 9.59 Å². The van der Waals surface area contributed by atoms with Crippen molar-refractivity contribution in [3.63, 3.8) is 0 Å². The Bertz CT molecular complexity index is 1120. The summed E-state index contributed by atoms with van der Waals surface area (Å²) in [4.78, 5) is 27.5. The van der Waals surface area contributed by atoms with E-state index in [4.69, 9.17) is 9.47 Å². The molecular formula is C23H25N3O4. The lowest BCUT2D eigenvalue weighted by atomic mass is 10.1. The van der Waals surface area contributed by atoms with Gasteiger partial charge in [0.25, 0.3) is 5.91 Å². The van der Waals surface area contributed by atoms with Gasteiger partial charge in [0, 0.05) is 31.9 Å². The van der Waals surface area contributed by atoms with Crippen molar-refractivity contribution in [3.05, 3.63) is 53.7 Å². The normalized spacial score (nSPS) is 13.7. The number of carbonyl (C=O) groups is 2. The Morgan fingerprint density at radius 3 is 2.57 bits per heavy atom. The summed E-state index contributed by atoms with van der Waals surface area (Å²) in [5, 5.41) is 3.82. The highest BCUT2D eigenvalue weighted by Gasteiger charge is 2.31. The first-order valence-electron chi connectivity index (χ1n) is 9.91. The average Bonchev–Trinajstić information content (AvgIpc) is 3.32. The minimum absolute atomic E-state index is 0.0344. The summed E-state index contributed by atoms with van der Waals surface area (Å²) in [6.07, 6.45) is 1.27. The van der Waals surface area contributed by atoms with Gasteiger partial charge >= 0.3 is 0 Å². The summed E-state index contributed by atoms with van der Waals surface area (Å²) in [6.45, 7) is 0.958. The summed E-state index contributed by atoms with van der Waals surface area (Å²) in [5.74, 6) is 1.23. The second-order valence-corrected chi connectivity index (χ2v) is 7.32. The molecule has 0 saturated carbocycles. The van der Waals surface area contributed by atoms with E-state index in [9.17, 15) is 9.59 Å². The van der Waals surface area contributed by atoms with Crippen LogP contribution in [-0.2, 0) is 18.4 Å². The number of rotatable bonds is 6. The zero-order valence-corrected chi connectivity index (χ0v) is 17.4. The number of amides is 2. The van der Waals surface area contributed by atoms with Crippen LogP contribution >= 0.6 is 0 Å². The molecule has 0 unspecified atom stereocenters. The zero-order chi connectivity index (χ0) is 21.3. The predicted molar refractivity (Wildman–Crippen MR) is 115 cm³/mol. The molecule has 1 N–H and O–H groups in total. The molecule has 0 bridgehead atoms. The van der Waals surface area contributed by atoms with E-state index in [1.54, 1.807) is 19.1 Å².